The maximum atomic E-state index is 12.3. The third-order valence-electron chi connectivity index (χ3n) is 1.79. The van der Waals surface area contributed by atoms with Crippen molar-refractivity contribution >= 4 is 12.4 Å². The Morgan fingerprint density at radius 3 is 2.53 bits per heavy atom. The second-order valence-corrected chi connectivity index (χ2v) is 3.13. The highest BCUT2D eigenvalue weighted by molar-refractivity contribution is 5.80. The standard InChI is InChI=1S/C11H9F3O/c1-8(7-15)5-9-3-2-4-10(6-9)11(12,13)14/h2-7H,1H3. The second kappa shape index (κ2) is 4.29. The van der Waals surface area contributed by atoms with Gasteiger partial charge in [0.15, 0.2) is 0 Å². The molecule has 0 fully saturated rings. The minimum atomic E-state index is -4.35. The third-order valence-corrected chi connectivity index (χ3v) is 1.79. The van der Waals surface area contributed by atoms with Gasteiger partial charge in [-0.15, -0.1) is 0 Å². The molecule has 0 aliphatic rings. The highest BCUT2D eigenvalue weighted by Gasteiger charge is 2.30. The smallest absolute Gasteiger partial charge is 0.298 e. The van der Waals surface area contributed by atoms with E-state index in [4.69, 9.17) is 0 Å². The molecular weight excluding hydrogens is 205 g/mol. The summed E-state index contributed by atoms with van der Waals surface area (Å²) in [5, 5.41) is 0. The Balaban J connectivity index is 3.09. The molecular formula is C11H9F3O. The Hall–Kier alpha value is -1.58. The number of aldehydes is 1. The molecule has 0 N–H and O–H groups in total. The fraction of sp³-hybridized carbons (Fsp3) is 0.182. The molecule has 15 heavy (non-hydrogen) atoms. The van der Waals surface area contributed by atoms with Crippen molar-refractivity contribution in [1.29, 1.82) is 0 Å². The summed E-state index contributed by atoms with van der Waals surface area (Å²) in [6.07, 6.45) is -2.35. The molecule has 0 saturated carbocycles. The maximum absolute atomic E-state index is 12.3. The fourth-order valence-corrected chi connectivity index (χ4v) is 1.10. The molecule has 0 aliphatic carbocycles. The predicted octanol–water partition coefficient (Wildman–Crippen LogP) is 3.31. The number of carbonyl (C=O) groups is 1. The van der Waals surface area contributed by atoms with E-state index in [1.807, 2.05) is 0 Å². The molecule has 0 heterocycles. The van der Waals surface area contributed by atoms with E-state index in [1.165, 1.54) is 25.1 Å². The lowest BCUT2D eigenvalue weighted by molar-refractivity contribution is -0.137. The molecule has 0 aliphatic heterocycles. The summed E-state index contributed by atoms with van der Waals surface area (Å²) in [6, 6.07) is 4.83. The van der Waals surface area contributed by atoms with Gasteiger partial charge in [0.2, 0.25) is 0 Å². The van der Waals surface area contributed by atoms with E-state index >= 15 is 0 Å². The van der Waals surface area contributed by atoms with Crippen LogP contribution in [0.4, 0.5) is 13.2 Å². The van der Waals surface area contributed by atoms with Crippen molar-refractivity contribution in [2.24, 2.45) is 0 Å². The molecule has 0 spiro atoms. The first-order valence-corrected chi connectivity index (χ1v) is 4.24. The number of carbonyl (C=O) groups excluding carboxylic acids is 1. The molecule has 0 bridgehead atoms. The van der Waals surface area contributed by atoms with E-state index in [1.54, 1.807) is 0 Å². The molecule has 1 aromatic rings. The Bertz CT molecular complexity index is 391. The van der Waals surface area contributed by atoms with E-state index in [2.05, 4.69) is 0 Å². The van der Waals surface area contributed by atoms with Gasteiger partial charge in [0.05, 0.1) is 5.56 Å². The van der Waals surface area contributed by atoms with Gasteiger partial charge < -0.3 is 0 Å². The van der Waals surface area contributed by atoms with Crippen molar-refractivity contribution in [3.05, 3.63) is 41.0 Å². The molecule has 0 radical (unpaired) electrons. The molecule has 0 amide bonds. The van der Waals surface area contributed by atoms with E-state index < -0.39 is 11.7 Å². The number of alkyl halides is 3. The second-order valence-electron chi connectivity index (χ2n) is 3.13. The van der Waals surface area contributed by atoms with Crippen LogP contribution in [0.25, 0.3) is 6.08 Å². The van der Waals surface area contributed by atoms with E-state index in [0.717, 1.165) is 12.1 Å². The molecule has 0 unspecified atom stereocenters. The van der Waals surface area contributed by atoms with Crippen LogP contribution >= 0.6 is 0 Å². The lowest BCUT2D eigenvalue weighted by Gasteiger charge is -2.06. The zero-order valence-corrected chi connectivity index (χ0v) is 8.01. The predicted molar refractivity (Wildman–Crippen MR) is 51.2 cm³/mol. The van der Waals surface area contributed by atoms with Crippen LogP contribution in [0.1, 0.15) is 18.1 Å². The lowest BCUT2D eigenvalue weighted by atomic mass is 10.1. The van der Waals surface area contributed by atoms with Gasteiger partial charge in [0, 0.05) is 0 Å². The van der Waals surface area contributed by atoms with Gasteiger partial charge in [-0.3, -0.25) is 4.79 Å². The van der Waals surface area contributed by atoms with Gasteiger partial charge in [0.1, 0.15) is 6.29 Å². The van der Waals surface area contributed by atoms with E-state index in [-0.39, 0.29) is 0 Å². The van der Waals surface area contributed by atoms with E-state index in [0.29, 0.717) is 17.4 Å². The molecule has 4 heteroatoms. The van der Waals surface area contributed by atoms with Gasteiger partial charge in [0.25, 0.3) is 0 Å². The van der Waals surface area contributed by atoms with Gasteiger partial charge in [-0.25, -0.2) is 0 Å². The Labute approximate surface area is 85.2 Å². The van der Waals surface area contributed by atoms with Crippen LogP contribution in [0.15, 0.2) is 29.8 Å². The number of hydrogen-bond acceptors (Lipinski definition) is 1. The van der Waals surface area contributed by atoms with Crippen LogP contribution in [0, 0.1) is 0 Å². The average molecular weight is 214 g/mol. The fourth-order valence-electron chi connectivity index (χ4n) is 1.10. The minimum Gasteiger partial charge on any atom is -0.298 e. The summed E-state index contributed by atoms with van der Waals surface area (Å²) in [5.41, 5.74) is 0.0405. The molecule has 1 aromatic carbocycles. The monoisotopic (exact) mass is 214 g/mol. The zero-order chi connectivity index (χ0) is 11.5. The summed E-state index contributed by atoms with van der Waals surface area (Å²) < 4.78 is 36.9. The molecule has 0 atom stereocenters. The van der Waals surface area contributed by atoms with Crippen molar-refractivity contribution in [2.45, 2.75) is 13.1 Å². The normalized spacial score (nSPS) is 12.7. The summed E-state index contributed by atoms with van der Waals surface area (Å²) in [5.74, 6) is 0. The summed E-state index contributed by atoms with van der Waals surface area (Å²) in [6.45, 7) is 1.53. The number of allylic oxidation sites excluding steroid dienone is 1. The largest absolute Gasteiger partial charge is 0.416 e. The Morgan fingerprint density at radius 2 is 2.00 bits per heavy atom. The molecule has 80 valence electrons. The molecule has 1 nitrogen and oxygen atoms in total. The van der Waals surface area contributed by atoms with Crippen molar-refractivity contribution in [3.8, 4) is 0 Å². The first-order chi connectivity index (χ1) is 6.93. The van der Waals surface area contributed by atoms with Gasteiger partial charge in [-0.2, -0.15) is 13.2 Å². The average Bonchev–Trinajstić information content (AvgIpc) is 2.17. The van der Waals surface area contributed by atoms with Gasteiger partial charge in [-0.05, 0) is 36.3 Å². The quantitative estimate of drug-likeness (QED) is 0.545. The number of rotatable bonds is 2. The first-order valence-electron chi connectivity index (χ1n) is 4.24. The Kier molecular flexibility index (Phi) is 3.29. The Morgan fingerprint density at radius 1 is 1.33 bits per heavy atom. The molecule has 0 aromatic heterocycles. The van der Waals surface area contributed by atoms with Crippen LogP contribution in [0.5, 0.6) is 0 Å². The van der Waals surface area contributed by atoms with Crippen LogP contribution < -0.4 is 0 Å². The maximum Gasteiger partial charge on any atom is 0.416 e. The zero-order valence-electron chi connectivity index (χ0n) is 8.01. The number of benzene rings is 1. The summed E-state index contributed by atoms with van der Waals surface area (Å²) in [7, 11) is 0. The van der Waals surface area contributed by atoms with Gasteiger partial charge in [-0.1, -0.05) is 12.1 Å². The number of hydrogen-bond donors (Lipinski definition) is 0. The highest BCUT2D eigenvalue weighted by atomic mass is 19.4. The van der Waals surface area contributed by atoms with Gasteiger partial charge >= 0.3 is 6.18 Å². The van der Waals surface area contributed by atoms with Crippen molar-refractivity contribution in [3.63, 3.8) is 0 Å². The van der Waals surface area contributed by atoms with Crippen LogP contribution in [-0.2, 0) is 11.0 Å². The third kappa shape index (κ3) is 3.23. The SMILES string of the molecule is CC(C=O)=Cc1cccc(C(F)(F)F)c1. The highest BCUT2D eigenvalue weighted by Crippen LogP contribution is 2.29. The van der Waals surface area contributed by atoms with Crippen LogP contribution in [-0.4, -0.2) is 6.29 Å². The van der Waals surface area contributed by atoms with Crippen LogP contribution in [0.2, 0.25) is 0 Å². The summed E-state index contributed by atoms with van der Waals surface area (Å²) >= 11 is 0. The van der Waals surface area contributed by atoms with E-state index in [9.17, 15) is 18.0 Å². The van der Waals surface area contributed by atoms with Crippen molar-refractivity contribution in [1.82, 2.24) is 0 Å². The first kappa shape index (κ1) is 11.5. The van der Waals surface area contributed by atoms with Crippen molar-refractivity contribution < 1.29 is 18.0 Å². The number of halogens is 3. The van der Waals surface area contributed by atoms with Crippen LogP contribution in [0.3, 0.4) is 0 Å². The minimum absolute atomic E-state index is 0.370. The lowest BCUT2D eigenvalue weighted by Crippen LogP contribution is -2.04. The molecule has 0 saturated heterocycles. The topological polar surface area (TPSA) is 17.1 Å². The molecule has 1 rings (SSSR count). The summed E-state index contributed by atoms with van der Waals surface area (Å²) in [4.78, 5) is 10.3. The van der Waals surface area contributed by atoms with Crippen molar-refractivity contribution in [2.75, 3.05) is 0 Å².